The number of nitrogens with zero attached hydrogens (tertiary/aromatic N) is 4. The van der Waals surface area contributed by atoms with Gasteiger partial charge >= 0.3 is 0 Å². The fraction of sp³-hybridized carbons (Fsp3) is 0.706. The summed E-state index contributed by atoms with van der Waals surface area (Å²) in [4.78, 5) is 19.0. The molecular weight excluding hydrogens is 384 g/mol. The predicted octanol–water partition coefficient (Wildman–Crippen LogP) is 2.84. The second-order valence-electron chi connectivity index (χ2n) is 7.26. The number of fused-ring (bicyclic) bond motifs is 1. The lowest BCUT2D eigenvalue weighted by Gasteiger charge is -2.44. The van der Waals surface area contributed by atoms with E-state index in [0.29, 0.717) is 17.1 Å². The predicted molar refractivity (Wildman–Crippen MR) is 101 cm³/mol. The number of anilines is 1. The number of aromatic nitrogens is 4. The zero-order valence-corrected chi connectivity index (χ0v) is 16.3. The summed E-state index contributed by atoms with van der Waals surface area (Å²) in [5.74, 6) is 0.885. The van der Waals surface area contributed by atoms with Crippen molar-refractivity contribution in [3.63, 3.8) is 0 Å². The molecule has 25 heavy (non-hydrogen) atoms. The molecule has 0 radical (unpaired) electrons. The Morgan fingerprint density at radius 3 is 2.92 bits per heavy atom. The van der Waals surface area contributed by atoms with Crippen LogP contribution in [-0.4, -0.2) is 52.4 Å². The van der Waals surface area contributed by atoms with Crippen molar-refractivity contribution in [3.8, 4) is 0 Å². The second-order valence-corrected chi connectivity index (χ2v) is 8.08. The van der Waals surface area contributed by atoms with Gasteiger partial charge in [0.15, 0.2) is 11.3 Å². The monoisotopic (exact) mass is 408 g/mol. The normalized spacial score (nSPS) is 24.3. The number of hydrogen-bond acceptors (Lipinski definition) is 6. The van der Waals surface area contributed by atoms with Gasteiger partial charge in [-0.05, 0) is 54.0 Å². The second kappa shape index (κ2) is 6.81. The zero-order chi connectivity index (χ0) is 17.4. The summed E-state index contributed by atoms with van der Waals surface area (Å²) in [6.07, 6.45) is 8.03. The molecule has 2 aromatic rings. The first-order valence-corrected chi connectivity index (χ1v) is 9.81. The van der Waals surface area contributed by atoms with E-state index in [-0.39, 0.29) is 6.23 Å². The van der Waals surface area contributed by atoms with Crippen molar-refractivity contribution in [1.29, 1.82) is 0 Å². The molecule has 0 aromatic carbocycles. The Kier molecular flexibility index (Phi) is 4.68. The highest BCUT2D eigenvalue weighted by molar-refractivity contribution is 9.10. The number of aromatic amines is 1. The molecule has 2 fully saturated rings. The Morgan fingerprint density at radius 1 is 1.36 bits per heavy atom. The summed E-state index contributed by atoms with van der Waals surface area (Å²) in [6, 6.07) is 0.555. The number of piperidine rings is 1. The van der Waals surface area contributed by atoms with Gasteiger partial charge in [0, 0.05) is 26.2 Å². The summed E-state index contributed by atoms with van der Waals surface area (Å²) < 4.78 is 6.15. The number of H-pyrrole nitrogens is 1. The largest absolute Gasteiger partial charge is 0.367 e. The molecule has 8 heteroatoms. The van der Waals surface area contributed by atoms with E-state index < -0.39 is 0 Å². The quantitative estimate of drug-likeness (QED) is 0.757. The van der Waals surface area contributed by atoms with Crippen LogP contribution in [0.25, 0.3) is 11.3 Å². The molecule has 7 nitrogen and oxygen atoms in total. The first kappa shape index (κ1) is 17.2. The van der Waals surface area contributed by atoms with Crippen molar-refractivity contribution in [2.45, 2.75) is 51.3 Å². The van der Waals surface area contributed by atoms with Crippen LogP contribution in [0.3, 0.4) is 0 Å². The third kappa shape index (κ3) is 3.27. The van der Waals surface area contributed by atoms with Crippen LogP contribution in [0.2, 0.25) is 0 Å². The molecule has 1 aliphatic carbocycles. The minimum Gasteiger partial charge on any atom is -0.367 e. The molecule has 1 saturated heterocycles. The first-order chi connectivity index (χ1) is 12.1. The highest BCUT2D eigenvalue weighted by atomic mass is 79.9. The standard InChI is InChI=1S/C17H25BrN6O/c1-11(25-2)20-12-4-3-5-17(12)6-8-24(9-7-17)16-22-14-15(23-16)21-13(18)10-19-14/h10-12,20H,3-9H2,1-2H3,(H,19,21,22,23)/t11?,12-/m1/s1. The molecule has 1 unspecified atom stereocenters. The molecule has 2 aromatic heterocycles. The van der Waals surface area contributed by atoms with Crippen LogP contribution in [0, 0.1) is 5.41 Å². The van der Waals surface area contributed by atoms with Gasteiger partial charge in [-0.15, -0.1) is 0 Å². The number of halogens is 1. The number of nitrogens with one attached hydrogen (secondary N) is 2. The van der Waals surface area contributed by atoms with Crippen molar-refractivity contribution < 1.29 is 4.74 Å². The Hall–Kier alpha value is -1.25. The third-order valence-electron chi connectivity index (χ3n) is 5.92. The summed E-state index contributed by atoms with van der Waals surface area (Å²) >= 11 is 3.36. The SMILES string of the molecule is COC(C)N[C@@H]1CCCC12CCN(c1nc3ncc(Br)nc3[nH]1)CC2. The molecule has 2 atom stereocenters. The molecule has 2 N–H and O–H groups in total. The van der Waals surface area contributed by atoms with E-state index in [1.807, 2.05) is 0 Å². The van der Waals surface area contributed by atoms with Gasteiger partial charge in [0.25, 0.3) is 0 Å². The van der Waals surface area contributed by atoms with Crippen LogP contribution < -0.4 is 10.2 Å². The summed E-state index contributed by atoms with van der Waals surface area (Å²) in [5, 5.41) is 3.68. The minimum absolute atomic E-state index is 0.115. The van der Waals surface area contributed by atoms with Crippen LogP contribution >= 0.6 is 15.9 Å². The number of hydrogen-bond donors (Lipinski definition) is 2. The van der Waals surface area contributed by atoms with E-state index >= 15 is 0 Å². The number of methoxy groups -OCH3 is 1. The maximum absolute atomic E-state index is 5.43. The van der Waals surface area contributed by atoms with Gasteiger partial charge < -0.3 is 14.6 Å². The summed E-state index contributed by atoms with van der Waals surface area (Å²) in [7, 11) is 1.77. The van der Waals surface area contributed by atoms with E-state index in [2.05, 4.69) is 53.0 Å². The smallest absolute Gasteiger partial charge is 0.206 e. The Balaban J connectivity index is 1.46. The Labute approximate surface area is 156 Å². The van der Waals surface area contributed by atoms with Gasteiger partial charge in [0.2, 0.25) is 5.95 Å². The molecule has 136 valence electrons. The van der Waals surface area contributed by atoms with Gasteiger partial charge in [-0.2, -0.15) is 4.98 Å². The average Bonchev–Trinajstić information content (AvgIpc) is 3.20. The maximum atomic E-state index is 5.43. The van der Waals surface area contributed by atoms with E-state index in [1.165, 1.54) is 32.1 Å². The van der Waals surface area contributed by atoms with Gasteiger partial charge in [-0.3, -0.25) is 5.32 Å². The van der Waals surface area contributed by atoms with Crippen molar-refractivity contribution in [2.75, 3.05) is 25.1 Å². The lowest BCUT2D eigenvalue weighted by Crippen LogP contribution is -2.51. The van der Waals surface area contributed by atoms with Gasteiger partial charge in [0.05, 0.1) is 6.20 Å². The molecule has 4 rings (SSSR count). The van der Waals surface area contributed by atoms with Crippen LogP contribution in [0.5, 0.6) is 0 Å². The minimum atomic E-state index is 0.115. The van der Waals surface area contributed by atoms with Crippen LogP contribution in [-0.2, 0) is 4.74 Å². The molecule has 0 amide bonds. The lowest BCUT2D eigenvalue weighted by molar-refractivity contribution is 0.0504. The topological polar surface area (TPSA) is 79.0 Å². The number of rotatable bonds is 4. The summed E-state index contributed by atoms with van der Waals surface area (Å²) in [5.41, 5.74) is 1.81. The van der Waals surface area contributed by atoms with Crippen molar-refractivity contribution in [2.24, 2.45) is 5.41 Å². The van der Waals surface area contributed by atoms with Crippen molar-refractivity contribution in [1.82, 2.24) is 25.3 Å². The number of imidazole rings is 1. The first-order valence-electron chi connectivity index (χ1n) is 9.02. The van der Waals surface area contributed by atoms with Gasteiger partial charge in [-0.25, -0.2) is 9.97 Å². The fourth-order valence-electron chi connectivity index (χ4n) is 4.42. The molecule has 0 bridgehead atoms. The van der Waals surface area contributed by atoms with Crippen LogP contribution in [0.1, 0.15) is 39.0 Å². The molecular formula is C17H25BrN6O. The maximum Gasteiger partial charge on any atom is 0.206 e. The lowest BCUT2D eigenvalue weighted by atomic mass is 9.74. The highest BCUT2D eigenvalue weighted by Crippen LogP contribution is 2.47. The van der Waals surface area contributed by atoms with Crippen molar-refractivity contribution in [3.05, 3.63) is 10.8 Å². The zero-order valence-electron chi connectivity index (χ0n) is 14.8. The van der Waals surface area contributed by atoms with E-state index in [4.69, 9.17) is 4.74 Å². The fourth-order valence-corrected chi connectivity index (χ4v) is 4.70. The van der Waals surface area contributed by atoms with E-state index in [1.54, 1.807) is 13.3 Å². The molecule has 1 aliphatic heterocycles. The van der Waals surface area contributed by atoms with Gasteiger partial charge in [-0.1, -0.05) is 6.42 Å². The van der Waals surface area contributed by atoms with Crippen molar-refractivity contribution >= 4 is 33.2 Å². The molecule has 1 saturated carbocycles. The summed E-state index contributed by atoms with van der Waals surface area (Å²) in [6.45, 7) is 4.12. The van der Waals surface area contributed by atoms with E-state index in [9.17, 15) is 0 Å². The average molecular weight is 409 g/mol. The Morgan fingerprint density at radius 2 is 2.16 bits per heavy atom. The van der Waals surface area contributed by atoms with Crippen LogP contribution in [0.4, 0.5) is 5.95 Å². The molecule has 3 heterocycles. The van der Waals surface area contributed by atoms with Gasteiger partial charge in [0.1, 0.15) is 10.8 Å². The number of ether oxygens (including phenoxy) is 1. The highest BCUT2D eigenvalue weighted by Gasteiger charge is 2.45. The Bertz CT molecular complexity index is 742. The van der Waals surface area contributed by atoms with Crippen LogP contribution in [0.15, 0.2) is 10.8 Å². The third-order valence-corrected chi connectivity index (χ3v) is 6.30. The molecule has 1 spiro atoms. The molecule has 2 aliphatic rings. The van der Waals surface area contributed by atoms with E-state index in [0.717, 1.165) is 29.3 Å².